The van der Waals surface area contributed by atoms with Gasteiger partial charge in [0.15, 0.2) is 0 Å². The predicted molar refractivity (Wildman–Crippen MR) is 308 cm³/mol. The molecule has 0 fully saturated rings. The smallest absolute Gasteiger partial charge is 0.252 e. The normalized spacial score (nSPS) is 17.8. The molecule has 7 aromatic rings. The molecule has 2 aliphatic heterocycles. The molecule has 0 unspecified atom stereocenters. The number of aryl methyl sites for hydroxylation is 2. The van der Waals surface area contributed by atoms with Gasteiger partial charge in [-0.1, -0.05) is 164 Å². The molecular weight excluding hydrogens is 858 g/mol. The van der Waals surface area contributed by atoms with Crippen LogP contribution in [0.4, 0.5) is 51.2 Å². The summed E-state index contributed by atoms with van der Waals surface area (Å²) in [6.45, 7) is 38.6. The Labute approximate surface area is 427 Å². The van der Waals surface area contributed by atoms with Gasteiger partial charge in [-0.05, 0) is 193 Å². The average Bonchev–Trinajstić information content (AvgIpc) is 3.48. The molecule has 71 heavy (non-hydrogen) atoms. The Morgan fingerprint density at radius 2 is 0.887 bits per heavy atom. The van der Waals surface area contributed by atoms with Gasteiger partial charge in [0.1, 0.15) is 0 Å². The van der Waals surface area contributed by atoms with Gasteiger partial charge in [-0.15, -0.1) is 0 Å². The number of benzene rings is 7. The fourth-order valence-electron chi connectivity index (χ4n) is 13.5. The third-order valence-corrected chi connectivity index (χ3v) is 17.4. The average molecular weight is 934 g/mol. The molecule has 11 rings (SSSR count). The molecule has 0 amide bonds. The van der Waals surface area contributed by atoms with Gasteiger partial charge >= 0.3 is 0 Å². The molecule has 0 saturated carbocycles. The number of nitrogens with zero attached hydrogens (tertiary/aromatic N) is 3. The minimum atomic E-state index is -0.135. The van der Waals surface area contributed by atoms with Crippen molar-refractivity contribution >= 4 is 74.3 Å². The standard InChI is InChI=1S/C67H76BN3/c1-42-33-44(62(3,4)5)27-30-55(42)70-58-40-51-50(64(9,10)31-32-65(51,11)12)38-54(58)68-53-29-28-48(69(46-23-19-17-20-24-46)47-25-21-18-22-26-47)37-57(53)71(60-36-45(63(6,7)8)35-59(70)61(60)68)56-39-52-49(34-43(56)2)66(13,14)41-67(52,15)16/h17-30,33-40H,31-32,41H2,1-16H3. The first-order valence-corrected chi connectivity index (χ1v) is 26.6. The lowest BCUT2D eigenvalue weighted by molar-refractivity contribution is 0.332. The Bertz CT molecular complexity index is 3250. The Kier molecular flexibility index (Phi) is 10.5. The van der Waals surface area contributed by atoms with Crippen LogP contribution in [0.2, 0.25) is 0 Å². The van der Waals surface area contributed by atoms with Crippen LogP contribution >= 0.6 is 0 Å². The highest BCUT2D eigenvalue weighted by Gasteiger charge is 2.49. The van der Waals surface area contributed by atoms with Gasteiger partial charge in [0, 0.05) is 51.2 Å². The van der Waals surface area contributed by atoms with E-state index in [1.807, 2.05) is 0 Å². The number of hydrogen-bond acceptors (Lipinski definition) is 3. The molecule has 0 atom stereocenters. The first kappa shape index (κ1) is 47.3. The largest absolute Gasteiger partial charge is 0.311 e. The van der Waals surface area contributed by atoms with Gasteiger partial charge in [-0.25, -0.2) is 0 Å². The number of anilines is 9. The zero-order chi connectivity index (χ0) is 50.5. The number of para-hydroxylation sites is 2. The van der Waals surface area contributed by atoms with Crippen LogP contribution in [0.25, 0.3) is 0 Å². The van der Waals surface area contributed by atoms with Gasteiger partial charge in [0.05, 0.1) is 0 Å². The lowest BCUT2D eigenvalue weighted by atomic mass is 9.33. The topological polar surface area (TPSA) is 9.72 Å². The van der Waals surface area contributed by atoms with E-state index in [0.717, 1.165) is 36.3 Å². The Morgan fingerprint density at radius 1 is 0.408 bits per heavy atom. The molecule has 362 valence electrons. The molecule has 0 N–H and O–H groups in total. The van der Waals surface area contributed by atoms with Crippen molar-refractivity contribution < 1.29 is 0 Å². The molecule has 2 heterocycles. The second-order valence-electron chi connectivity index (χ2n) is 26.6. The Hall–Kier alpha value is -6.00. The SMILES string of the molecule is Cc1cc(C(C)(C)C)ccc1N1c2cc3c(cc2B2c4ccc(N(c5ccccc5)c5ccccc5)cc4N(c4cc5c(cc4C)C(C)(C)CC5(C)C)c4cc(C(C)(C)C)cc1c42)C(C)(C)CCC3(C)C. The van der Waals surface area contributed by atoms with Crippen LogP contribution < -0.4 is 31.1 Å². The third-order valence-electron chi connectivity index (χ3n) is 17.4. The molecule has 2 aliphatic carbocycles. The summed E-state index contributed by atoms with van der Waals surface area (Å²) in [6.07, 6.45) is 3.45. The second-order valence-corrected chi connectivity index (χ2v) is 26.6. The van der Waals surface area contributed by atoms with E-state index in [4.69, 9.17) is 0 Å². The van der Waals surface area contributed by atoms with Gasteiger partial charge in [0.2, 0.25) is 0 Å². The fourth-order valence-corrected chi connectivity index (χ4v) is 13.5. The van der Waals surface area contributed by atoms with Crippen LogP contribution in [0.3, 0.4) is 0 Å². The van der Waals surface area contributed by atoms with E-state index in [2.05, 4.69) is 259 Å². The lowest BCUT2D eigenvalue weighted by Crippen LogP contribution is -2.62. The van der Waals surface area contributed by atoms with Crippen molar-refractivity contribution in [3.8, 4) is 0 Å². The fraction of sp³-hybridized carbons (Fsp3) is 0.373. The predicted octanol–water partition coefficient (Wildman–Crippen LogP) is 16.8. The second kappa shape index (κ2) is 15.8. The van der Waals surface area contributed by atoms with Crippen LogP contribution in [0.15, 0.2) is 133 Å². The minimum absolute atomic E-state index is 0.00660. The summed E-state index contributed by atoms with van der Waals surface area (Å²) >= 11 is 0. The van der Waals surface area contributed by atoms with Crippen molar-refractivity contribution in [3.63, 3.8) is 0 Å². The zero-order valence-electron chi connectivity index (χ0n) is 45.7. The van der Waals surface area contributed by atoms with Gasteiger partial charge in [-0.2, -0.15) is 0 Å². The summed E-state index contributed by atoms with van der Waals surface area (Å²) < 4.78 is 0. The third kappa shape index (κ3) is 7.51. The zero-order valence-corrected chi connectivity index (χ0v) is 45.7. The minimum Gasteiger partial charge on any atom is -0.311 e. The summed E-state index contributed by atoms with van der Waals surface area (Å²) in [5.41, 5.74) is 26.5. The summed E-state index contributed by atoms with van der Waals surface area (Å²) in [4.78, 5) is 7.84. The first-order valence-electron chi connectivity index (χ1n) is 26.6. The van der Waals surface area contributed by atoms with E-state index >= 15 is 0 Å². The van der Waals surface area contributed by atoms with E-state index in [0.29, 0.717) is 0 Å². The van der Waals surface area contributed by atoms with Crippen LogP contribution in [0.1, 0.15) is 161 Å². The molecular formula is C67H76BN3. The summed E-state index contributed by atoms with van der Waals surface area (Å²) in [6, 6.07) is 52.2. The molecule has 0 bridgehead atoms. The van der Waals surface area contributed by atoms with Crippen molar-refractivity contribution in [3.05, 3.63) is 178 Å². The highest BCUT2D eigenvalue weighted by molar-refractivity contribution is 7.00. The van der Waals surface area contributed by atoms with Gasteiger partial charge in [-0.3, -0.25) is 0 Å². The monoisotopic (exact) mass is 934 g/mol. The Morgan fingerprint density at radius 3 is 1.44 bits per heavy atom. The lowest BCUT2D eigenvalue weighted by Gasteiger charge is -2.48. The van der Waals surface area contributed by atoms with Gasteiger partial charge < -0.3 is 14.7 Å². The summed E-state index contributed by atoms with van der Waals surface area (Å²) in [5, 5.41) is 0. The van der Waals surface area contributed by atoms with Gasteiger partial charge in [0.25, 0.3) is 6.71 Å². The molecule has 3 nitrogen and oxygen atoms in total. The van der Waals surface area contributed by atoms with Crippen molar-refractivity contribution in [2.75, 3.05) is 14.7 Å². The number of hydrogen-bond donors (Lipinski definition) is 0. The maximum atomic E-state index is 2.71. The molecule has 4 heteroatoms. The maximum Gasteiger partial charge on any atom is 0.252 e. The van der Waals surface area contributed by atoms with E-state index in [1.54, 1.807) is 0 Å². The van der Waals surface area contributed by atoms with Crippen LogP contribution in [-0.4, -0.2) is 6.71 Å². The van der Waals surface area contributed by atoms with Crippen LogP contribution in [0.5, 0.6) is 0 Å². The first-order chi connectivity index (χ1) is 33.3. The highest BCUT2D eigenvalue weighted by Crippen LogP contribution is 2.55. The van der Waals surface area contributed by atoms with Crippen molar-refractivity contribution in [1.82, 2.24) is 0 Å². The van der Waals surface area contributed by atoms with Crippen molar-refractivity contribution in [1.29, 1.82) is 0 Å². The van der Waals surface area contributed by atoms with Crippen molar-refractivity contribution in [2.45, 2.75) is 163 Å². The molecule has 0 saturated heterocycles. The van der Waals surface area contributed by atoms with Crippen molar-refractivity contribution in [2.24, 2.45) is 0 Å². The number of fused-ring (bicyclic) bond motifs is 6. The quantitative estimate of drug-likeness (QED) is 0.159. The van der Waals surface area contributed by atoms with Crippen LogP contribution in [0, 0.1) is 13.8 Å². The number of rotatable bonds is 5. The van der Waals surface area contributed by atoms with Crippen LogP contribution in [-0.2, 0) is 32.5 Å². The molecule has 0 aromatic heterocycles. The molecule has 4 aliphatic rings. The van der Waals surface area contributed by atoms with E-state index in [-0.39, 0.29) is 39.2 Å². The van der Waals surface area contributed by atoms with E-state index in [9.17, 15) is 0 Å². The maximum absolute atomic E-state index is 2.71. The molecule has 0 radical (unpaired) electrons. The molecule has 0 spiro atoms. The summed E-state index contributed by atoms with van der Waals surface area (Å²) in [5.74, 6) is 0. The summed E-state index contributed by atoms with van der Waals surface area (Å²) in [7, 11) is 0. The highest BCUT2D eigenvalue weighted by atomic mass is 15.2. The Balaban J connectivity index is 1.29. The molecule has 7 aromatic carbocycles. The van der Waals surface area contributed by atoms with E-state index in [1.165, 1.54) is 95.0 Å². The van der Waals surface area contributed by atoms with E-state index < -0.39 is 0 Å².